The maximum Gasteiger partial charge on any atom is 0.230 e. The van der Waals surface area contributed by atoms with Crippen LogP contribution in [0.2, 0.25) is 0 Å². The van der Waals surface area contributed by atoms with Gasteiger partial charge in [-0.1, -0.05) is 36.4 Å². The molecule has 2 fully saturated rings. The number of benzene rings is 1. The number of fused-ring (bicyclic) bond motifs is 1. The van der Waals surface area contributed by atoms with Crippen LogP contribution in [0.4, 0.5) is 0 Å². The van der Waals surface area contributed by atoms with Crippen molar-refractivity contribution in [3.05, 3.63) is 77.1 Å². The van der Waals surface area contributed by atoms with Crippen molar-refractivity contribution in [1.29, 1.82) is 0 Å². The van der Waals surface area contributed by atoms with Gasteiger partial charge in [-0.15, -0.1) is 0 Å². The van der Waals surface area contributed by atoms with E-state index >= 15 is 0 Å². The summed E-state index contributed by atoms with van der Waals surface area (Å²) in [5, 5.41) is 0. The smallest absolute Gasteiger partial charge is 0.230 e. The maximum atomic E-state index is 13.5. The lowest BCUT2D eigenvalue weighted by Crippen LogP contribution is -2.44. The standard InChI is InChI=1S/C25H27N3O3/c1-16-7-8-18(12-17(16)2)13-28-15-25-10-9-20(31-25)21(22(25)24(28)30)23(29)27(3)14-19-6-4-5-11-26-19/h4-12,20-22H,13-15H2,1-3H3/t20-,21?,22?,25-/m1/s1. The Hall–Kier alpha value is -2.99. The van der Waals surface area contributed by atoms with Gasteiger partial charge in [-0.05, 0) is 42.7 Å². The predicted molar refractivity (Wildman–Crippen MR) is 116 cm³/mol. The number of amides is 2. The molecular weight excluding hydrogens is 390 g/mol. The Morgan fingerprint density at radius 3 is 2.84 bits per heavy atom. The van der Waals surface area contributed by atoms with E-state index in [0.717, 1.165) is 11.3 Å². The van der Waals surface area contributed by atoms with E-state index in [1.807, 2.05) is 35.3 Å². The molecule has 5 rings (SSSR count). The summed E-state index contributed by atoms with van der Waals surface area (Å²) >= 11 is 0. The summed E-state index contributed by atoms with van der Waals surface area (Å²) in [5.41, 5.74) is 3.68. The molecule has 0 aliphatic carbocycles. The molecule has 2 bridgehead atoms. The minimum Gasteiger partial charge on any atom is -0.360 e. The lowest BCUT2D eigenvalue weighted by Gasteiger charge is -2.27. The van der Waals surface area contributed by atoms with E-state index in [1.54, 1.807) is 18.1 Å². The third kappa shape index (κ3) is 3.26. The van der Waals surface area contributed by atoms with E-state index in [4.69, 9.17) is 4.74 Å². The van der Waals surface area contributed by atoms with E-state index in [0.29, 0.717) is 19.6 Å². The van der Waals surface area contributed by atoms with Gasteiger partial charge < -0.3 is 14.5 Å². The normalized spacial score (nSPS) is 28.3. The second kappa shape index (κ2) is 7.31. The van der Waals surface area contributed by atoms with Gasteiger partial charge in [0.1, 0.15) is 5.60 Å². The maximum absolute atomic E-state index is 13.5. The molecule has 0 saturated carbocycles. The number of rotatable bonds is 5. The van der Waals surface area contributed by atoms with E-state index in [2.05, 4.69) is 37.0 Å². The molecule has 31 heavy (non-hydrogen) atoms. The van der Waals surface area contributed by atoms with Gasteiger partial charge in [-0.3, -0.25) is 14.6 Å². The second-order valence-electron chi connectivity index (χ2n) is 9.03. The van der Waals surface area contributed by atoms with Gasteiger partial charge in [0, 0.05) is 19.8 Å². The number of aryl methyl sites for hydroxylation is 2. The first-order chi connectivity index (χ1) is 14.9. The first-order valence-corrected chi connectivity index (χ1v) is 10.7. The molecule has 6 nitrogen and oxygen atoms in total. The van der Waals surface area contributed by atoms with Crippen LogP contribution in [-0.2, 0) is 27.4 Å². The molecule has 1 spiro atoms. The highest BCUT2D eigenvalue weighted by Crippen LogP contribution is 2.52. The summed E-state index contributed by atoms with van der Waals surface area (Å²) < 4.78 is 6.26. The number of likely N-dealkylation sites (tertiary alicyclic amines) is 1. The molecule has 6 heteroatoms. The van der Waals surface area contributed by atoms with Crippen molar-refractivity contribution in [1.82, 2.24) is 14.8 Å². The number of pyridine rings is 1. The number of hydrogen-bond donors (Lipinski definition) is 0. The van der Waals surface area contributed by atoms with E-state index in [-0.39, 0.29) is 17.9 Å². The van der Waals surface area contributed by atoms with Crippen LogP contribution in [0.5, 0.6) is 0 Å². The van der Waals surface area contributed by atoms with Crippen LogP contribution in [0.25, 0.3) is 0 Å². The number of carbonyl (C=O) groups excluding carboxylic acids is 2. The average molecular weight is 418 g/mol. The largest absolute Gasteiger partial charge is 0.360 e. The number of aromatic nitrogens is 1. The molecule has 0 radical (unpaired) electrons. The minimum absolute atomic E-state index is 0.00895. The Morgan fingerprint density at radius 2 is 2.10 bits per heavy atom. The van der Waals surface area contributed by atoms with Gasteiger partial charge in [0.2, 0.25) is 11.8 Å². The van der Waals surface area contributed by atoms with Gasteiger partial charge in [0.05, 0.1) is 36.7 Å². The van der Waals surface area contributed by atoms with Crippen LogP contribution in [0.3, 0.4) is 0 Å². The molecule has 4 heterocycles. The zero-order chi connectivity index (χ0) is 21.8. The van der Waals surface area contributed by atoms with E-state index in [9.17, 15) is 9.59 Å². The van der Waals surface area contributed by atoms with Crippen molar-refractivity contribution >= 4 is 11.8 Å². The number of hydrogen-bond acceptors (Lipinski definition) is 4. The molecule has 160 valence electrons. The summed E-state index contributed by atoms with van der Waals surface area (Å²) in [6.45, 7) is 5.60. The van der Waals surface area contributed by atoms with Gasteiger partial charge in [0.25, 0.3) is 0 Å². The number of nitrogens with zero attached hydrogens (tertiary/aromatic N) is 3. The van der Waals surface area contributed by atoms with E-state index in [1.165, 1.54) is 11.1 Å². The SMILES string of the molecule is Cc1ccc(CN2C[C@@]34C=C[C@@H](O3)C(C(=O)N(C)Cc3ccccn3)C4C2=O)cc1C. The van der Waals surface area contributed by atoms with Gasteiger partial charge in [-0.25, -0.2) is 0 Å². The summed E-state index contributed by atoms with van der Waals surface area (Å²) in [4.78, 5) is 34.7. The molecule has 2 unspecified atom stereocenters. The van der Waals surface area contributed by atoms with Crippen molar-refractivity contribution in [2.75, 3.05) is 13.6 Å². The van der Waals surface area contributed by atoms with Crippen molar-refractivity contribution < 1.29 is 14.3 Å². The lowest BCUT2D eigenvalue weighted by molar-refractivity contribution is -0.142. The highest BCUT2D eigenvalue weighted by molar-refractivity contribution is 5.93. The number of ether oxygens (including phenoxy) is 1. The fourth-order valence-corrected chi connectivity index (χ4v) is 5.18. The Morgan fingerprint density at radius 1 is 1.26 bits per heavy atom. The molecule has 0 N–H and O–H groups in total. The zero-order valence-corrected chi connectivity index (χ0v) is 18.1. The van der Waals surface area contributed by atoms with Crippen LogP contribution in [0.15, 0.2) is 54.7 Å². The summed E-state index contributed by atoms with van der Waals surface area (Å²) in [7, 11) is 1.77. The first-order valence-electron chi connectivity index (χ1n) is 10.7. The molecule has 2 saturated heterocycles. The van der Waals surface area contributed by atoms with Gasteiger partial charge >= 0.3 is 0 Å². The predicted octanol–water partition coefficient (Wildman–Crippen LogP) is 2.64. The molecule has 4 atom stereocenters. The molecule has 3 aliphatic heterocycles. The third-order valence-corrected chi connectivity index (χ3v) is 6.91. The molecular formula is C25H27N3O3. The first kappa shape index (κ1) is 19.9. The number of carbonyl (C=O) groups is 2. The molecule has 1 aromatic carbocycles. The van der Waals surface area contributed by atoms with Crippen LogP contribution < -0.4 is 0 Å². The Bertz CT molecular complexity index is 1070. The Balaban J connectivity index is 1.36. The Kier molecular flexibility index (Phi) is 4.70. The van der Waals surface area contributed by atoms with Crippen LogP contribution >= 0.6 is 0 Å². The lowest BCUT2D eigenvalue weighted by atomic mass is 9.76. The fourth-order valence-electron chi connectivity index (χ4n) is 5.18. The highest BCUT2D eigenvalue weighted by Gasteiger charge is 2.67. The highest BCUT2D eigenvalue weighted by atomic mass is 16.5. The second-order valence-corrected chi connectivity index (χ2v) is 9.03. The van der Waals surface area contributed by atoms with Crippen molar-refractivity contribution in [3.8, 4) is 0 Å². The molecule has 2 amide bonds. The van der Waals surface area contributed by atoms with Gasteiger partial charge in [0.15, 0.2) is 0 Å². The third-order valence-electron chi connectivity index (χ3n) is 6.91. The van der Waals surface area contributed by atoms with Crippen LogP contribution in [0.1, 0.15) is 22.4 Å². The van der Waals surface area contributed by atoms with Crippen molar-refractivity contribution in [2.45, 2.75) is 38.6 Å². The molecule has 2 aromatic rings. The fraction of sp³-hybridized carbons (Fsp3) is 0.400. The van der Waals surface area contributed by atoms with Gasteiger partial charge in [-0.2, -0.15) is 0 Å². The van der Waals surface area contributed by atoms with E-state index < -0.39 is 17.4 Å². The topological polar surface area (TPSA) is 62.7 Å². The minimum atomic E-state index is -0.687. The average Bonchev–Trinajstić information content (AvgIpc) is 3.39. The quantitative estimate of drug-likeness (QED) is 0.702. The summed E-state index contributed by atoms with van der Waals surface area (Å²) in [6, 6.07) is 11.9. The van der Waals surface area contributed by atoms with Crippen LogP contribution in [0, 0.1) is 25.7 Å². The summed E-state index contributed by atoms with van der Waals surface area (Å²) in [5.74, 6) is -1.01. The van der Waals surface area contributed by atoms with Crippen molar-refractivity contribution in [3.63, 3.8) is 0 Å². The van der Waals surface area contributed by atoms with Crippen LogP contribution in [-0.4, -0.2) is 51.9 Å². The van der Waals surface area contributed by atoms with Crippen molar-refractivity contribution in [2.24, 2.45) is 11.8 Å². The molecule has 3 aliphatic rings. The molecule has 1 aromatic heterocycles. The zero-order valence-electron chi connectivity index (χ0n) is 18.1. The Labute approximate surface area is 182 Å². The summed E-state index contributed by atoms with van der Waals surface area (Å²) in [6.07, 6.45) is 5.34. The monoisotopic (exact) mass is 417 g/mol.